The second kappa shape index (κ2) is 7.84. The first-order valence-electron chi connectivity index (χ1n) is 9.57. The Hall–Kier alpha value is -3.32. The summed E-state index contributed by atoms with van der Waals surface area (Å²) in [5.74, 6) is 0.416. The van der Waals surface area contributed by atoms with Gasteiger partial charge in [0.2, 0.25) is 0 Å². The van der Waals surface area contributed by atoms with Gasteiger partial charge in [-0.25, -0.2) is 8.42 Å². The fourth-order valence-electron chi connectivity index (χ4n) is 3.68. The van der Waals surface area contributed by atoms with Gasteiger partial charge >= 0.3 is 0 Å². The quantitative estimate of drug-likeness (QED) is 0.672. The Balaban J connectivity index is 1.61. The molecule has 0 aliphatic carbocycles. The van der Waals surface area contributed by atoms with Crippen LogP contribution in [0.4, 0.5) is 11.4 Å². The van der Waals surface area contributed by atoms with E-state index in [9.17, 15) is 13.2 Å². The number of ether oxygens (including phenoxy) is 1. The number of anilines is 2. The van der Waals surface area contributed by atoms with Crippen molar-refractivity contribution in [2.75, 3.05) is 16.7 Å². The van der Waals surface area contributed by atoms with Crippen LogP contribution in [-0.2, 0) is 16.4 Å². The molecule has 0 fully saturated rings. The van der Waals surface area contributed by atoms with Gasteiger partial charge in [0.25, 0.3) is 15.9 Å². The molecule has 4 rings (SSSR count). The Morgan fingerprint density at radius 3 is 2.50 bits per heavy atom. The summed E-state index contributed by atoms with van der Waals surface area (Å²) < 4.78 is 33.3. The molecule has 0 radical (unpaired) electrons. The molecular formula is C23H22N2O4S. The fourth-order valence-corrected chi connectivity index (χ4v) is 4.79. The van der Waals surface area contributed by atoms with Crippen LogP contribution >= 0.6 is 0 Å². The number of methoxy groups -OCH3 is 1. The molecule has 0 saturated carbocycles. The number of nitrogens with zero attached hydrogens (tertiary/aromatic N) is 1. The van der Waals surface area contributed by atoms with E-state index in [1.54, 1.807) is 48.4 Å². The molecule has 3 aromatic rings. The number of fused-ring (bicyclic) bond motifs is 1. The Labute approximate surface area is 176 Å². The normalized spacial score (nSPS) is 15.5. The van der Waals surface area contributed by atoms with E-state index in [2.05, 4.69) is 4.72 Å². The number of sulfonamides is 1. The highest BCUT2D eigenvalue weighted by Gasteiger charge is 2.31. The molecule has 1 heterocycles. The lowest BCUT2D eigenvalue weighted by molar-refractivity contribution is 0.0981. The van der Waals surface area contributed by atoms with E-state index in [-0.39, 0.29) is 16.8 Å². The van der Waals surface area contributed by atoms with Crippen LogP contribution in [0, 0.1) is 0 Å². The standard InChI is InChI=1S/C23H22N2O4S/c1-16-14-17-6-3-4-9-22(17)25(16)23(26)18-7-5-8-21(15-18)30(27,28)24-19-10-12-20(29-2)13-11-19/h3-13,15-16,24H,14H2,1-2H3/t16-/m0/s1. The Kier molecular flexibility index (Phi) is 5.22. The van der Waals surface area contributed by atoms with E-state index in [0.29, 0.717) is 17.0 Å². The fraction of sp³-hybridized carbons (Fsp3) is 0.174. The van der Waals surface area contributed by atoms with Crippen molar-refractivity contribution in [3.05, 3.63) is 83.9 Å². The van der Waals surface area contributed by atoms with E-state index in [0.717, 1.165) is 17.7 Å². The van der Waals surface area contributed by atoms with E-state index >= 15 is 0 Å². The molecule has 6 nitrogen and oxygen atoms in total. The van der Waals surface area contributed by atoms with Crippen LogP contribution in [-0.4, -0.2) is 27.5 Å². The number of hydrogen-bond acceptors (Lipinski definition) is 4. The highest BCUT2D eigenvalue weighted by molar-refractivity contribution is 7.92. The molecule has 1 aliphatic rings. The maximum atomic E-state index is 13.2. The number of amides is 1. The van der Waals surface area contributed by atoms with Gasteiger partial charge in [-0.15, -0.1) is 0 Å². The number of nitrogens with one attached hydrogen (secondary N) is 1. The number of hydrogen-bond donors (Lipinski definition) is 1. The van der Waals surface area contributed by atoms with Gasteiger partial charge < -0.3 is 9.64 Å². The predicted octanol–water partition coefficient (Wildman–Crippen LogP) is 4.09. The van der Waals surface area contributed by atoms with Crippen molar-refractivity contribution in [1.82, 2.24) is 0 Å². The summed E-state index contributed by atoms with van der Waals surface area (Å²) in [6.45, 7) is 1.99. The van der Waals surface area contributed by atoms with Crippen LogP contribution in [0.25, 0.3) is 0 Å². The molecule has 3 aromatic carbocycles. The lowest BCUT2D eigenvalue weighted by Gasteiger charge is -2.23. The second-order valence-electron chi connectivity index (χ2n) is 7.22. The third kappa shape index (κ3) is 3.76. The van der Waals surface area contributed by atoms with Crippen molar-refractivity contribution in [2.45, 2.75) is 24.3 Å². The van der Waals surface area contributed by atoms with Gasteiger partial charge in [-0.3, -0.25) is 9.52 Å². The van der Waals surface area contributed by atoms with Gasteiger partial charge in [-0.2, -0.15) is 0 Å². The minimum atomic E-state index is -3.85. The predicted molar refractivity (Wildman–Crippen MR) is 117 cm³/mol. The molecular weight excluding hydrogens is 400 g/mol. The number of para-hydroxylation sites is 1. The molecule has 1 N–H and O–H groups in total. The average molecular weight is 423 g/mol. The number of benzene rings is 3. The highest BCUT2D eigenvalue weighted by atomic mass is 32.2. The van der Waals surface area contributed by atoms with Crippen molar-refractivity contribution < 1.29 is 17.9 Å². The number of carbonyl (C=O) groups excluding carboxylic acids is 1. The summed E-state index contributed by atoms with van der Waals surface area (Å²) in [5, 5.41) is 0. The van der Waals surface area contributed by atoms with Crippen LogP contribution in [0.3, 0.4) is 0 Å². The van der Waals surface area contributed by atoms with Crippen LogP contribution in [0.2, 0.25) is 0 Å². The largest absolute Gasteiger partial charge is 0.497 e. The third-order valence-electron chi connectivity index (χ3n) is 5.16. The van der Waals surface area contributed by atoms with Crippen molar-refractivity contribution in [3.8, 4) is 5.75 Å². The summed E-state index contributed by atoms with van der Waals surface area (Å²) in [6, 6.07) is 20.5. The molecule has 7 heteroatoms. The number of rotatable bonds is 5. The van der Waals surface area contributed by atoms with E-state index in [1.807, 2.05) is 31.2 Å². The molecule has 1 aliphatic heterocycles. The SMILES string of the molecule is COc1ccc(NS(=O)(=O)c2cccc(C(=O)N3c4ccccc4C[C@@H]3C)c2)cc1. The molecule has 0 bridgehead atoms. The van der Waals surface area contributed by atoms with Crippen LogP contribution < -0.4 is 14.4 Å². The van der Waals surface area contributed by atoms with Crippen LogP contribution in [0.1, 0.15) is 22.8 Å². The van der Waals surface area contributed by atoms with E-state index in [1.165, 1.54) is 12.1 Å². The first kappa shape index (κ1) is 20.0. The van der Waals surface area contributed by atoms with Crippen molar-refractivity contribution in [1.29, 1.82) is 0 Å². The zero-order valence-corrected chi connectivity index (χ0v) is 17.5. The van der Waals surface area contributed by atoms with Gasteiger partial charge in [-0.05, 0) is 67.4 Å². The Morgan fingerprint density at radius 1 is 1.03 bits per heavy atom. The molecule has 0 saturated heterocycles. The van der Waals surface area contributed by atoms with E-state index < -0.39 is 10.0 Å². The molecule has 154 valence electrons. The lowest BCUT2D eigenvalue weighted by atomic mass is 10.1. The third-order valence-corrected chi connectivity index (χ3v) is 6.54. The Bertz CT molecular complexity index is 1190. The van der Waals surface area contributed by atoms with Gasteiger partial charge in [0.15, 0.2) is 0 Å². The summed E-state index contributed by atoms with van der Waals surface area (Å²) in [7, 11) is -2.31. The summed E-state index contributed by atoms with van der Waals surface area (Å²) in [5.41, 5.74) is 2.73. The zero-order chi connectivity index (χ0) is 21.3. The molecule has 1 atom stereocenters. The van der Waals surface area contributed by atoms with Gasteiger partial charge in [0.1, 0.15) is 5.75 Å². The highest BCUT2D eigenvalue weighted by Crippen LogP contribution is 2.33. The van der Waals surface area contributed by atoms with Crippen LogP contribution in [0.15, 0.2) is 77.7 Å². The monoisotopic (exact) mass is 422 g/mol. The lowest BCUT2D eigenvalue weighted by Crippen LogP contribution is -2.35. The smallest absolute Gasteiger partial charge is 0.261 e. The van der Waals surface area contributed by atoms with Gasteiger partial charge in [-0.1, -0.05) is 24.3 Å². The topological polar surface area (TPSA) is 75.7 Å². The van der Waals surface area contributed by atoms with Crippen molar-refractivity contribution in [3.63, 3.8) is 0 Å². The molecule has 0 aromatic heterocycles. The molecule has 0 spiro atoms. The summed E-state index contributed by atoms with van der Waals surface area (Å²) in [6.07, 6.45) is 0.777. The van der Waals surface area contributed by atoms with Crippen molar-refractivity contribution in [2.24, 2.45) is 0 Å². The first-order chi connectivity index (χ1) is 14.4. The minimum absolute atomic E-state index is 0.00703. The molecule has 1 amide bonds. The maximum absolute atomic E-state index is 13.2. The zero-order valence-electron chi connectivity index (χ0n) is 16.7. The van der Waals surface area contributed by atoms with Gasteiger partial charge in [0.05, 0.1) is 12.0 Å². The maximum Gasteiger partial charge on any atom is 0.261 e. The van der Waals surface area contributed by atoms with Gasteiger partial charge in [0, 0.05) is 23.0 Å². The summed E-state index contributed by atoms with van der Waals surface area (Å²) in [4.78, 5) is 15.0. The van der Waals surface area contributed by atoms with Crippen LogP contribution in [0.5, 0.6) is 5.75 Å². The van der Waals surface area contributed by atoms with E-state index in [4.69, 9.17) is 4.74 Å². The average Bonchev–Trinajstić information content (AvgIpc) is 3.09. The molecule has 30 heavy (non-hydrogen) atoms. The molecule has 0 unspecified atom stereocenters. The summed E-state index contributed by atoms with van der Waals surface area (Å²) >= 11 is 0. The Morgan fingerprint density at radius 2 is 1.77 bits per heavy atom. The second-order valence-corrected chi connectivity index (χ2v) is 8.90. The first-order valence-corrected chi connectivity index (χ1v) is 11.1. The number of carbonyl (C=O) groups is 1. The minimum Gasteiger partial charge on any atom is -0.497 e. The van der Waals surface area contributed by atoms with Crippen molar-refractivity contribution >= 4 is 27.3 Å².